The molecule has 0 saturated heterocycles. The third kappa shape index (κ3) is 8.44. The fourth-order valence-corrected chi connectivity index (χ4v) is 3.68. The number of aromatic hydroxyl groups is 1. The molecule has 0 atom stereocenters. The van der Waals surface area contributed by atoms with Crippen molar-refractivity contribution in [2.24, 2.45) is 5.92 Å². The molecule has 8 nitrogen and oxygen atoms in total. The largest absolute Gasteiger partial charge is 0.505 e. The molecule has 0 spiro atoms. The van der Waals surface area contributed by atoms with Crippen molar-refractivity contribution >= 4 is 50.5 Å². The van der Waals surface area contributed by atoms with Crippen LogP contribution in [0.5, 0.6) is 5.75 Å². The van der Waals surface area contributed by atoms with Crippen LogP contribution < -0.4 is 10.6 Å². The van der Waals surface area contributed by atoms with Gasteiger partial charge in [-0.05, 0) is 63.4 Å². The summed E-state index contributed by atoms with van der Waals surface area (Å²) in [5.74, 6) is 1.03. The normalized spacial score (nSPS) is 9.88. The number of hydrogen-bond acceptors (Lipinski definition) is 8. The minimum absolute atomic E-state index is 0.157. The van der Waals surface area contributed by atoms with E-state index in [-0.39, 0.29) is 17.2 Å². The number of amides is 1. The molecule has 0 saturated carbocycles. The first kappa shape index (κ1) is 28.0. The second-order valence-electron chi connectivity index (χ2n) is 7.70. The van der Waals surface area contributed by atoms with Gasteiger partial charge in [0, 0.05) is 28.3 Å². The van der Waals surface area contributed by atoms with E-state index < -0.39 is 0 Å². The molecule has 0 aliphatic heterocycles. The van der Waals surface area contributed by atoms with Crippen LogP contribution in [0.4, 0.5) is 17.3 Å². The number of nitrogens with one attached hydrogen (secondary N) is 2. The number of rotatable bonds is 6. The molecule has 3 aromatic rings. The lowest BCUT2D eigenvalue weighted by atomic mass is 10.1. The smallest absolute Gasteiger partial charge is 0.258 e. The van der Waals surface area contributed by atoms with Gasteiger partial charge in [-0.3, -0.25) is 4.79 Å². The molecule has 10 heteroatoms. The fourth-order valence-electron chi connectivity index (χ4n) is 2.36. The summed E-state index contributed by atoms with van der Waals surface area (Å²) in [6.07, 6.45) is 8.00. The minimum atomic E-state index is -0.326. The molecular weight excluding hydrogens is 506 g/mol. The number of carbonyl (C=O) groups excluding carboxylic acids is 1. The molecule has 1 aromatic carbocycles. The van der Waals surface area contributed by atoms with Crippen LogP contribution in [0.3, 0.4) is 0 Å². The Balaban J connectivity index is 0.000000820. The molecule has 3 rings (SSSR count). The Morgan fingerprint density at radius 1 is 1.18 bits per heavy atom. The Morgan fingerprint density at radius 2 is 1.79 bits per heavy atom. The highest BCUT2D eigenvalue weighted by Gasteiger charge is 2.21. The van der Waals surface area contributed by atoms with Crippen molar-refractivity contribution in [1.29, 1.82) is 0 Å². The number of nitrogens with zero attached hydrogens (tertiary/aromatic N) is 3. The molecular formula is C23H30BrN5O3S. The first-order chi connectivity index (χ1) is 15.6. The molecule has 2 aromatic heterocycles. The molecule has 0 radical (unpaired) electrons. The van der Waals surface area contributed by atoms with Crippen LogP contribution >= 0.6 is 27.3 Å². The summed E-state index contributed by atoms with van der Waals surface area (Å²) in [6.45, 7) is 9.11. The average molecular weight is 536 g/mol. The number of hydrogen-bond donors (Lipinski definition) is 3. The zero-order chi connectivity index (χ0) is 25.1. The van der Waals surface area contributed by atoms with Gasteiger partial charge in [0.1, 0.15) is 0 Å². The summed E-state index contributed by atoms with van der Waals surface area (Å²) < 4.78 is 5.30. The molecule has 1 amide bonds. The van der Waals surface area contributed by atoms with Gasteiger partial charge >= 0.3 is 0 Å². The summed E-state index contributed by atoms with van der Waals surface area (Å²) in [5, 5.41) is 24.3. The molecule has 0 aliphatic rings. The van der Waals surface area contributed by atoms with Gasteiger partial charge in [0.2, 0.25) is 11.6 Å². The topological polar surface area (TPSA) is 104 Å². The Kier molecular flexibility index (Phi) is 11.5. The number of aromatic nitrogens is 2. The standard InChI is InChI=1S/C17H18BrN5O3S.C4H10.C2H2/c1-9-4-5-10(27-9)8-19-15-16(22-26-21-15)20-12-7-6-11(18)13(14(12)24)17(25)23(2)3;1-4(2)3;1-2/h4-7,24H,8H2,1-3H3,(H,19,21)(H,20,22);4H,1-3H3;1-2H. The number of benzene rings is 1. The van der Waals surface area contributed by atoms with Crippen LogP contribution in [-0.2, 0) is 6.54 Å². The zero-order valence-corrected chi connectivity index (χ0v) is 22.0. The van der Waals surface area contributed by atoms with Crippen molar-refractivity contribution in [3.8, 4) is 18.6 Å². The van der Waals surface area contributed by atoms with E-state index in [1.807, 2.05) is 19.1 Å². The second-order valence-corrected chi connectivity index (χ2v) is 9.93. The van der Waals surface area contributed by atoms with E-state index in [2.05, 4.69) is 70.5 Å². The minimum Gasteiger partial charge on any atom is -0.505 e. The Morgan fingerprint density at radius 3 is 2.33 bits per heavy atom. The highest BCUT2D eigenvalue weighted by atomic mass is 79.9. The third-order valence-corrected chi connectivity index (χ3v) is 5.38. The van der Waals surface area contributed by atoms with E-state index in [1.54, 1.807) is 37.6 Å². The number of halogens is 1. The van der Waals surface area contributed by atoms with Gasteiger partial charge in [-0.15, -0.1) is 24.2 Å². The van der Waals surface area contributed by atoms with Gasteiger partial charge in [0.15, 0.2) is 5.75 Å². The Labute approximate surface area is 207 Å². The SMILES string of the molecule is C#C.CC(C)C.Cc1ccc(CNc2nonc2Nc2ccc(Br)c(C(=O)N(C)C)c2O)s1. The average Bonchev–Trinajstić information content (AvgIpc) is 3.38. The van der Waals surface area contributed by atoms with Crippen LogP contribution in [0.1, 0.15) is 40.9 Å². The van der Waals surface area contributed by atoms with Gasteiger partial charge < -0.3 is 20.6 Å². The predicted molar refractivity (Wildman–Crippen MR) is 138 cm³/mol. The van der Waals surface area contributed by atoms with Crippen LogP contribution in [0, 0.1) is 25.7 Å². The molecule has 0 unspecified atom stereocenters. The quantitative estimate of drug-likeness (QED) is 0.267. The molecule has 2 heterocycles. The second kappa shape index (κ2) is 13.5. The van der Waals surface area contributed by atoms with Gasteiger partial charge in [-0.25, -0.2) is 4.63 Å². The maximum Gasteiger partial charge on any atom is 0.258 e. The molecule has 33 heavy (non-hydrogen) atoms. The Hall–Kier alpha value is -3.03. The van der Waals surface area contributed by atoms with Gasteiger partial charge in [0.05, 0.1) is 17.8 Å². The summed E-state index contributed by atoms with van der Waals surface area (Å²) in [5.41, 5.74) is 0.471. The Bertz CT molecular complexity index is 1060. The van der Waals surface area contributed by atoms with Gasteiger partial charge in [-0.1, -0.05) is 20.8 Å². The predicted octanol–water partition coefficient (Wildman–Crippen LogP) is 5.88. The lowest BCUT2D eigenvalue weighted by molar-refractivity contribution is 0.0824. The van der Waals surface area contributed by atoms with E-state index in [1.165, 1.54) is 9.78 Å². The van der Waals surface area contributed by atoms with Crippen LogP contribution in [0.2, 0.25) is 0 Å². The molecule has 0 fully saturated rings. The summed E-state index contributed by atoms with van der Waals surface area (Å²) in [4.78, 5) is 16.1. The number of aryl methyl sites for hydroxylation is 1. The molecule has 0 aliphatic carbocycles. The van der Waals surface area contributed by atoms with Gasteiger partial charge in [0.25, 0.3) is 5.91 Å². The first-order valence-corrected chi connectivity index (χ1v) is 11.7. The van der Waals surface area contributed by atoms with Crippen LogP contribution in [0.15, 0.2) is 33.4 Å². The van der Waals surface area contributed by atoms with Crippen molar-refractivity contribution in [2.75, 3.05) is 24.7 Å². The number of carbonyl (C=O) groups is 1. The first-order valence-electron chi connectivity index (χ1n) is 10.0. The van der Waals surface area contributed by atoms with E-state index in [0.717, 1.165) is 10.8 Å². The molecule has 3 N–H and O–H groups in total. The maximum atomic E-state index is 12.3. The van der Waals surface area contributed by atoms with Crippen LogP contribution in [0.25, 0.3) is 0 Å². The van der Waals surface area contributed by atoms with Crippen molar-refractivity contribution < 1.29 is 14.5 Å². The lowest BCUT2D eigenvalue weighted by Gasteiger charge is -2.15. The third-order valence-electron chi connectivity index (χ3n) is 3.71. The van der Waals surface area contributed by atoms with E-state index in [0.29, 0.717) is 28.3 Å². The maximum absolute atomic E-state index is 12.3. The molecule has 0 bridgehead atoms. The van der Waals surface area contributed by atoms with Gasteiger partial charge in [-0.2, -0.15) is 0 Å². The van der Waals surface area contributed by atoms with E-state index in [4.69, 9.17) is 4.63 Å². The summed E-state index contributed by atoms with van der Waals surface area (Å²) in [6, 6.07) is 7.39. The number of anilines is 3. The highest BCUT2D eigenvalue weighted by molar-refractivity contribution is 9.10. The number of phenols is 1. The fraction of sp³-hybridized carbons (Fsp3) is 0.348. The zero-order valence-electron chi connectivity index (χ0n) is 19.6. The monoisotopic (exact) mass is 535 g/mol. The van der Waals surface area contributed by atoms with Crippen molar-refractivity contribution in [1.82, 2.24) is 15.2 Å². The lowest BCUT2D eigenvalue weighted by Crippen LogP contribution is -2.22. The van der Waals surface area contributed by atoms with Crippen LogP contribution in [-0.4, -0.2) is 40.3 Å². The van der Waals surface area contributed by atoms with E-state index in [9.17, 15) is 9.90 Å². The number of phenolic OH excluding ortho intramolecular Hbond substituents is 1. The van der Waals surface area contributed by atoms with Crippen molar-refractivity contribution in [2.45, 2.75) is 34.2 Å². The summed E-state index contributed by atoms with van der Waals surface area (Å²) >= 11 is 4.98. The van der Waals surface area contributed by atoms with E-state index >= 15 is 0 Å². The number of terminal acetylenes is 1. The summed E-state index contributed by atoms with van der Waals surface area (Å²) in [7, 11) is 3.23. The number of thiophene rings is 1. The van der Waals surface area contributed by atoms with Crippen molar-refractivity contribution in [3.05, 3.63) is 44.1 Å². The highest BCUT2D eigenvalue weighted by Crippen LogP contribution is 2.36. The van der Waals surface area contributed by atoms with Crippen molar-refractivity contribution in [3.63, 3.8) is 0 Å². The molecule has 178 valence electrons.